The van der Waals surface area contributed by atoms with Crippen molar-refractivity contribution < 1.29 is 0 Å². The van der Waals surface area contributed by atoms with E-state index in [1.54, 1.807) is 10.8 Å². The van der Waals surface area contributed by atoms with Gasteiger partial charge in [0.1, 0.15) is 5.15 Å². The van der Waals surface area contributed by atoms with E-state index in [2.05, 4.69) is 4.98 Å². The lowest BCUT2D eigenvalue weighted by molar-refractivity contribution is 1.06. The third-order valence-electron chi connectivity index (χ3n) is 1.67. The van der Waals surface area contributed by atoms with Gasteiger partial charge in [0.05, 0.1) is 0 Å². The van der Waals surface area contributed by atoms with Gasteiger partial charge in [-0.1, -0.05) is 29.8 Å². The minimum absolute atomic E-state index is 0.371. The van der Waals surface area contributed by atoms with Gasteiger partial charge in [0.2, 0.25) is 5.28 Å². The maximum absolute atomic E-state index is 5.85. The van der Waals surface area contributed by atoms with Crippen LogP contribution in [0.15, 0.2) is 36.5 Å². The summed E-state index contributed by atoms with van der Waals surface area (Å²) in [7, 11) is 0. The van der Waals surface area contributed by atoms with Crippen LogP contribution in [0.5, 0.6) is 0 Å². The molecule has 1 aromatic heterocycles. The molecule has 0 aliphatic heterocycles. The van der Waals surface area contributed by atoms with Crippen molar-refractivity contribution in [3.05, 3.63) is 47.0 Å². The predicted molar refractivity (Wildman–Crippen MR) is 53.6 cm³/mol. The minimum Gasteiger partial charge on any atom is -0.289 e. The zero-order valence-electron chi connectivity index (χ0n) is 6.61. The van der Waals surface area contributed by atoms with Crippen LogP contribution in [0.4, 0.5) is 0 Å². The molecule has 0 aliphatic carbocycles. The van der Waals surface area contributed by atoms with Gasteiger partial charge in [-0.05, 0) is 23.7 Å². The van der Waals surface area contributed by atoms with Crippen LogP contribution in [0.3, 0.4) is 0 Å². The van der Waals surface area contributed by atoms with E-state index in [0.717, 1.165) is 5.69 Å². The van der Waals surface area contributed by atoms with Crippen LogP contribution >= 0.6 is 23.2 Å². The summed E-state index contributed by atoms with van der Waals surface area (Å²) in [6, 6.07) is 9.67. The molecular weight excluding hydrogens is 207 g/mol. The second-order valence-corrected chi connectivity index (χ2v) is 3.26. The van der Waals surface area contributed by atoms with E-state index >= 15 is 0 Å². The van der Waals surface area contributed by atoms with Crippen molar-refractivity contribution >= 4 is 23.2 Å². The van der Waals surface area contributed by atoms with Gasteiger partial charge in [0.15, 0.2) is 0 Å². The predicted octanol–water partition coefficient (Wildman–Crippen LogP) is 3.18. The average molecular weight is 213 g/mol. The van der Waals surface area contributed by atoms with E-state index in [-0.39, 0.29) is 0 Å². The maximum Gasteiger partial charge on any atom is 0.208 e. The van der Waals surface area contributed by atoms with Crippen molar-refractivity contribution in [3.8, 4) is 5.69 Å². The number of para-hydroxylation sites is 1. The highest BCUT2D eigenvalue weighted by Crippen LogP contribution is 2.18. The Labute approximate surface area is 85.7 Å². The molecular formula is C9H6Cl2N2. The lowest BCUT2D eigenvalue weighted by atomic mass is 10.3. The molecule has 0 aliphatic rings. The Kier molecular flexibility index (Phi) is 2.25. The largest absolute Gasteiger partial charge is 0.289 e. The lowest BCUT2D eigenvalue weighted by Crippen LogP contribution is -1.90. The highest BCUT2D eigenvalue weighted by molar-refractivity contribution is 6.32. The monoisotopic (exact) mass is 212 g/mol. The molecule has 2 nitrogen and oxygen atoms in total. The minimum atomic E-state index is 0.371. The van der Waals surface area contributed by atoms with Gasteiger partial charge in [-0.25, -0.2) is 4.98 Å². The summed E-state index contributed by atoms with van der Waals surface area (Å²) in [5, 5.41) is 0.769. The number of hydrogen-bond donors (Lipinski definition) is 0. The van der Waals surface area contributed by atoms with Crippen molar-refractivity contribution in [1.82, 2.24) is 9.55 Å². The third-order valence-corrected chi connectivity index (χ3v) is 2.12. The molecule has 0 fully saturated rings. The fourth-order valence-electron chi connectivity index (χ4n) is 1.10. The van der Waals surface area contributed by atoms with Gasteiger partial charge in [-0.15, -0.1) is 0 Å². The molecule has 0 N–H and O–H groups in total. The van der Waals surface area contributed by atoms with E-state index in [0.29, 0.717) is 10.4 Å². The number of rotatable bonds is 1. The molecule has 0 radical (unpaired) electrons. The van der Waals surface area contributed by atoms with Crippen molar-refractivity contribution in [1.29, 1.82) is 0 Å². The van der Waals surface area contributed by atoms with Crippen molar-refractivity contribution in [2.24, 2.45) is 0 Å². The van der Waals surface area contributed by atoms with Gasteiger partial charge >= 0.3 is 0 Å². The smallest absolute Gasteiger partial charge is 0.208 e. The van der Waals surface area contributed by atoms with E-state index < -0.39 is 0 Å². The van der Waals surface area contributed by atoms with Crippen molar-refractivity contribution in [3.63, 3.8) is 0 Å². The first-order chi connectivity index (χ1) is 6.27. The summed E-state index contributed by atoms with van der Waals surface area (Å²) in [5.74, 6) is 0. The van der Waals surface area contributed by atoms with Crippen molar-refractivity contribution in [2.75, 3.05) is 0 Å². The second kappa shape index (κ2) is 3.40. The van der Waals surface area contributed by atoms with Crippen LogP contribution in [0.25, 0.3) is 5.69 Å². The van der Waals surface area contributed by atoms with Gasteiger partial charge in [0.25, 0.3) is 0 Å². The Morgan fingerprint density at radius 2 is 1.77 bits per heavy atom. The molecule has 0 amide bonds. The normalized spacial score (nSPS) is 10.3. The van der Waals surface area contributed by atoms with E-state index in [1.807, 2.05) is 30.3 Å². The number of benzene rings is 1. The van der Waals surface area contributed by atoms with E-state index in [1.165, 1.54) is 0 Å². The Morgan fingerprint density at radius 1 is 1.08 bits per heavy atom. The van der Waals surface area contributed by atoms with E-state index in [9.17, 15) is 0 Å². The molecule has 2 rings (SSSR count). The van der Waals surface area contributed by atoms with Gasteiger partial charge in [-0.2, -0.15) is 0 Å². The lowest BCUT2D eigenvalue weighted by Gasteiger charge is -2.01. The zero-order valence-corrected chi connectivity index (χ0v) is 8.13. The fourth-order valence-corrected chi connectivity index (χ4v) is 1.56. The van der Waals surface area contributed by atoms with Gasteiger partial charge in [-0.3, -0.25) is 4.57 Å². The topological polar surface area (TPSA) is 17.8 Å². The molecule has 0 bridgehead atoms. The molecule has 4 heteroatoms. The summed E-state index contributed by atoms with van der Waals surface area (Å²) >= 11 is 11.5. The van der Waals surface area contributed by atoms with E-state index in [4.69, 9.17) is 23.2 Å². The van der Waals surface area contributed by atoms with Crippen LogP contribution in [0.1, 0.15) is 0 Å². The molecule has 0 unspecified atom stereocenters. The summed E-state index contributed by atoms with van der Waals surface area (Å²) in [4.78, 5) is 3.88. The molecule has 1 heterocycles. The Balaban J connectivity index is 2.53. The summed E-state index contributed by atoms with van der Waals surface area (Å²) in [5.41, 5.74) is 0.951. The standard InChI is InChI=1S/C9H6Cl2N2/c10-8-6-13(9(11)12-8)7-4-2-1-3-5-7/h1-6H. The maximum atomic E-state index is 5.85. The first-order valence-corrected chi connectivity index (χ1v) is 4.49. The first-order valence-electron chi connectivity index (χ1n) is 3.73. The molecule has 1 aromatic carbocycles. The molecule has 66 valence electrons. The van der Waals surface area contributed by atoms with Crippen LogP contribution < -0.4 is 0 Å². The molecule has 0 atom stereocenters. The zero-order chi connectivity index (χ0) is 9.26. The quantitative estimate of drug-likeness (QED) is 0.711. The highest BCUT2D eigenvalue weighted by atomic mass is 35.5. The summed E-state index contributed by atoms with van der Waals surface area (Å²) in [6.45, 7) is 0. The van der Waals surface area contributed by atoms with Crippen molar-refractivity contribution in [2.45, 2.75) is 0 Å². The molecule has 0 saturated heterocycles. The number of nitrogens with zero attached hydrogens (tertiary/aromatic N) is 2. The fraction of sp³-hybridized carbons (Fsp3) is 0. The second-order valence-electron chi connectivity index (χ2n) is 2.54. The molecule has 2 aromatic rings. The number of aromatic nitrogens is 2. The summed E-state index contributed by atoms with van der Waals surface area (Å²) in [6.07, 6.45) is 1.68. The number of halogens is 2. The van der Waals surface area contributed by atoms with Crippen LogP contribution in [0, 0.1) is 0 Å². The van der Waals surface area contributed by atoms with Crippen LogP contribution in [-0.2, 0) is 0 Å². The number of imidazole rings is 1. The third kappa shape index (κ3) is 1.69. The average Bonchev–Trinajstić information content (AvgIpc) is 2.47. The SMILES string of the molecule is Clc1cn(-c2ccccc2)c(Cl)n1. The van der Waals surface area contributed by atoms with Crippen LogP contribution in [0.2, 0.25) is 10.4 Å². The molecule has 13 heavy (non-hydrogen) atoms. The highest BCUT2D eigenvalue weighted by Gasteiger charge is 2.04. The summed E-state index contributed by atoms with van der Waals surface area (Å²) < 4.78 is 1.73. The Bertz CT molecular complexity index is 409. The first kappa shape index (κ1) is 8.60. The Hall–Kier alpha value is -0.990. The molecule has 0 saturated carbocycles. The number of hydrogen-bond acceptors (Lipinski definition) is 1. The molecule has 0 spiro atoms. The Morgan fingerprint density at radius 3 is 2.31 bits per heavy atom. The van der Waals surface area contributed by atoms with Crippen LogP contribution in [-0.4, -0.2) is 9.55 Å². The van der Waals surface area contributed by atoms with Gasteiger partial charge in [0, 0.05) is 11.9 Å². The van der Waals surface area contributed by atoms with Gasteiger partial charge < -0.3 is 0 Å².